The van der Waals surface area contributed by atoms with Crippen molar-refractivity contribution in [1.29, 1.82) is 0 Å². The van der Waals surface area contributed by atoms with Crippen LogP contribution < -0.4 is 4.90 Å². The number of furan rings is 2. The summed E-state index contributed by atoms with van der Waals surface area (Å²) in [4.78, 5) is 2.45. The summed E-state index contributed by atoms with van der Waals surface area (Å²) in [6.45, 7) is 0. The van der Waals surface area contributed by atoms with Crippen LogP contribution in [0.2, 0.25) is 0 Å². The molecule has 14 aromatic rings. The van der Waals surface area contributed by atoms with Gasteiger partial charge >= 0.3 is 0 Å². The fourth-order valence-electron chi connectivity index (χ4n) is 10.7. The second kappa shape index (κ2) is 14.3. The predicted octanol–water partition coefficient (Wildman–Crippen LogP) is 17.7. The van der Waals surface area contributed by atoms with E-state index in [9.17, 15) is 0 Å². The minimum atomic E-state index is 0.842. The van der Waals surface area contributed by atoms with Gasteiger partial charge in [0.15, 0.2) is 0 Å². The molecule has 66 heavy (non-hydrogen) atoms. The van der Waals surface area contributed by atoms with Crippen molar-refractivity contribution in [3.63, 3.8) is 0 Å². The number of hydrogen-bond acceptors (Lipinski definition) is 3. The van der Waals surface area contributed by atoms with Gasteiger partial charge in [0.05, 0.1) is 27.8 Å². The molecule has 0 atom stereocenters. The Morgan fingerprint density at radius 2 is 0.909 bits per heavy atom. The maximum Gasteiger partial charge on any atom is 0.145 e. The number of hydrogen-bond donors (Lipinski definition) is 0. The third-order valence-corrected chi connectivity index (χ3v) is 13.5. The Bertz CT molecular complexity index is 4210. The highest BCUT2D eigenvalue weighted by atomic mass is 16.3. The smallest absolute Gasteiger partial charge is 0.145 e. The van der Waals surface area contributed by atoms with Crippen LogP contribution in [0, 0.1) is 0 Å². The molecule has 11 aromatic carbocycles. The van der Waals surface area contributed by atoms with Gasteiger partial charge in [-0.1, -0.05) is 158 Å². The summed E-state index contributed by atoms with van der Waals surface area (Å²) in [6, 6.07) is 82.8. The number of anilines is 3. The number of nitrogens with zero attached hydrogens (tertiary/aromatic N) is 2. The summed E-state index contributed by atoms with van der Waals surface area (Å²) in [6.07, 6.45) is 0. The van der Waals surface area contributed by atoms with Crippen LogP contribution in [0.25, 0.3) is 115 Å². The Hall–Kier alpha value is -8.86. The molecule has 0 aliphatic carbocycles. The number of aromatic nitrogens is 1. The van der Waals surface area contributed by atoms with E-state index in [1.54, 1.807) is 0 Å². The first-order valence-corrected chi connectivity index (χ1v) is 22.5. The van der Waals surface area contributed by atoms with Crippen LogP contribution in [0.15, 0.2) is 239 Å². The van der Waals surface area contributed by atoms with Gasteiger partial charge in [0.1, 0.15) is 22.3 Å². The molecule has 4 heteroatoms. The standard InChI is InChI=1S/C62H38N2O2/c1-2-21-44-41(16-1)38-56(48-23-4-3-22-47(44)48)64(43-20-13-17-39(36-43)45-28-15-33-59-60(45)51-26-7-11-31-57(51)65-59)55-35-34-46(62-61(55)52-27-8-12-32-58(52)66-62)40-18-14-19-42(37-40)63-53-29-9-5-24-49(53)50-25-6-10-30-54(50)63/h1-38H. The molecule has 308 valence electrons. The monoisotopic (exact) mass is 842 g/mol. The van der Waals surface area contributed by atoms with E-state index in [-0.39, 0.29) is 0 Å². The van der Waals surface area contributed by atoms with E-state index in [0.717, 1.165) is 94.3 Å². The third-order valence-electron chi connectivity index (χ3n) is 13.5. The normalized spacial score (nSPS) is 11.9. The molecule has 0 saturated carbocycles. The van der Waals surface area contributed by atoms with Crippen molar-refractivity contribution in [2.45, 2.75) is 0 Å². The van der Waals surface area contributed by atoms with Crippen molar-refractivity contribution in [3.05, 3.63) is 231 Å². The van der Waals surface area contributed by atoms with Crippen LogP contribution in [0.5, 0.6) is 0 Å². The van der Waals surface area contributed by atoms with Gasteiger partial charge in [-0.05, 0) is 106 Å². The van der Waals surface area contributed by atoms with Crippen molar-refractivity contribution in [2.75, 3.05) is 4.90 Å². The molecule has 14 rings (SSSR count). The summed E-state index contributed by atoms with van der Waals surface area (Å²) >= 11 is 0. The van der Waals surface area contributed by atoms with Crippen molar-refractivity contribution in [2.24, 2.45) is 0 Å². The lowest BCUT2D eigenvalue weighted by molar-refractivity contribution is 0.669. The first-order valence-electron chi connectivity index (χ1n) is 22.5. The highest BCUT2D eigenvalue weighted by Crippen LogP contribution is 2.50. The van der Waals surface area contributed by atoms with Crippen LogP contribution in [-0.4, -0.2) is 4.57 Å². The number of fused-ring (bicyclic) bond motifs is 12. The Labute approximate surface area is 379 Å². The molecule has 3 aromatic heterocycles. The van der Waals surface area contributed by atoms with E-state index in [2.05, 4.69) is 228 Å². The largest absolute Gasteiger partial charge is 0.456 e. The van der Waals surface area contributed by atoms with E-state index in [1.165, 1.54) is 38.0 Å². The van der Waals surface area contributed by atoms with Gasteiger partial charge in [-0.2, -0.15) is 0 Å². The molecule has 0 unspecified atom stereocenters. The zero-order valence-electron chi connectivity index (χ0n) is 35.7. The van der Waals surface area contributed by atoms with Gasteiger partial charge < -0.3 is 18.3 Å². The van der Waals surface area contributed by atoms with Crippen molar-refractivity contribution in [1.82, 2.24) is 4.57 Å². The molecular weight excluding hydrogens is 805 g/mol. The Balaban J connectivity index is 1.03. The molecule has 0 radical (unpaired) electrons. The molecule has 0 aliphatic heterocycles. The summed E-state index contributed by atoms with van der Waals surface area (Å²) in [5.74, 6) is 0. The van der Waals surface area contributed by atoms with E-state index in [4.69, 9.17) is 8.83 Å². The van der Waals surface area contributed by atoms with Gasteiger partial charge in [0.25, 0.3) is 0 Å². The van der Waals surface area contributed by atoms with Gasteiger partial charge in [-0.3, -0.25) is 0 Å². The Kier molecular flexibility index (Phi) is 7.95. The lowest BCUT2D eigenvalue weighted by Gasteiger charge is -2.29. The molecule has 0 N–H and O–H groups in total. The first-order chi connectivity index (χ1) is 32.7. The van der Waals surface area contributed by atoms with Crippen LogP contribution in [-0.2, 0) is 0 Å². The number of para-hydroxylation sites is 4. The van der Waals surface area contributed by atoms with Crippen LogP contribution in [0.4, 0.5) is 17.1 Å². The molecule has 0 spiro atoms. The minimum absolute atomic E-state index is 0.842. The Morgan fingerprint density at radius 1 is 0.333 bits per heavy atom. The molecular formula is C62H38N2O2. The fraction of sp³-hybridized carbons (Fsp3) is 0. The van der Waals surface area contributed by atoms with E-state index in [0.29, 0.717) is 0 Å². The van der Waals surface area contributed by atoms with E-state index < -0.39 is 0 Å². The maximum absolute atomic E-state index is 7.06. The highest BCUT2D eigenvalue weighted by molar-refractivity contribution is 6.21. The number of benzene rings is 11. The van der Waals surface area contributed by atoms with E-state index in [1.807, 2.05) is 12.1 Å². The average Bonchev–Trinajstić information content (AvgIpc) is 4.07. The SMILES string of the molecule is c1cc(-c2cccc3oc4ccccc4c23)cc(N(c2cc3ccccc3c3ccccc23)c2ccc(-c3cccc(-n4c5ccccc5c5ccccc54)c3)c3oc4ccccc4c23)c1. The molecule has 0 aliphatic rings. The van der Waals surface area contributed by atoms with Gasteiger partial charge in [-0.15, -0.1) is 0 Å². The highest BCUT2D eigenvalue weighted by Gasteiger charge is 2.25. The average molecular weight is 843 g/mol. The summed E-state index contributed by atoms with van der Waals surface area (Å²) < 4.78 is 15.8. The summed E-state index contributed by atoms with van der Waals surface area (Å²) in [5.41, 5.74) is 14.4. The van der Waals surface area contributed by atoms with Crippen molar-refractivity contribution >= 4 is 104 Å². The Morgan fingerprint density at radius 3 is 1.68 bits per heavy atom. The molecule has 4 nitrogen and oxygen atoms in total. The van der Waals surface area contributed by atoms with Crippen LogP contribution in [0.1, 0.15) is 0 Å². The van der Waals surface area contributed by atoms with Crippen LogP contribution in [0.3, 0.4) is 0 Å². The molecule has 3 heterocycles. The van der Waals surface area contributed by atoms with Gasteiger partial charge in [-0.25, -0.2) is 0 Å². The first kappa shape index (κ1) is 36.6. The lowest BCUT2D eigenvalue weighted by Crippen LogP contribution is -2.11. The molecule has 0 amide bonds. The second-order valence-electron chi connectivity index (χ2n) is 17.2. The van der Waals surface area contributed by atoms with Gasteiger partial charge in [0.2, 0.25) is 0 Å². The zero-order chi connectivity index (χ0) is 43.3. The minimum Gasteiger partial charge on any atom is -0.456 e. The summed E-state index contributed by atoms with van der Waals surface area (Å²) in [7, 11) is 0. The third kappa shape index (κ3) is 5.45. The van der Waals surface area contributed by atoms with E-state index >= 15 is 0 Å². The molecule has 0 saturated heterocycles. The lowest BCUT2D eigenvalue weighted by atomic mass is 9.96. The fourth-order valence-corrected chi connectivity index (χ4v) is 10.7. The second-order valence-corrected chi connectivity index (χ2v) is 17.2. The zero-order valence-corrected chi connectivity index (χ0v) is 35.7. The summed E-state index contributed by atoms with van der Waals surface area (Å²) in [5, 5.41) is 11.6. The van der Waals surface area contributed by atoms with Crippen molar-refractivity contribution < 1.29 is 8.83 Å². The quantitative estimate of drug-likeness (QED) is 0.156. The maximum atomic E-state index is 7.06. The molecule has 0 bridgehead atoms. The van der Waals surface area contributed by atoms with Gasteiger partial charge in [0, 0.05) is 49.3 Å². The predicted molar refractivity (Wildman–Crippen MR) is 276 cm³/mol. The van der Waals surface area contributed by atoms with Crippen LogP contribution >= 0.6 is 0 Å². The molecule has 0 fully saturated rings. The topological polar surface area (TPSA) is 34.5 Å². The van der Waals surface area contributed by atoms with Crippen molar-refractivity contribution in [3.8, 4) is 27.9 Å². The number of rotatable bonds is 6.